The van der Waals surface area contributed by atoms with Crippen LogP contribution in [0.25, 0.3) is 6.08 Å². The molecule has 0 saturated heterocycles. The number of carbonyl (C=O) groups excluding carboxylic acids is 2. The van der Waals surface area contributed by atoms with Gasteiger partial charge in [-0.05, 0) is 41.5 Å². The summed E-state index contributed by atoms with van der Waals surface area (Å²) in [6.45, 7) is 5.19. The van der Waals surface area contributed by atoms with E-state index in [1.165, 1.54) is 6.92 Å². The van der Waals surface area contributed by atoms with E-state index >= 15 is 0 Å². The van der Waals surface area contributed by atoms with Crippen molar-refractivity contribution in [3.8, 4) is 0 Å². The Balaban J connectivity index is 1.79. The number of amides is 2. The molecule has 2 aromatic rings. The number of benzene rings is 2. The van der Waals surface area contributed by atoms with Crippen molar-refractivity contribution in [1.29, 1.82) is 0 Å². The first-order valence-corrected chi connectivity index (χ1v) is 7.56. The largest absolute Gasteiger partial charge is 0.326 e. The van der Waals surface area contributed by atoms with Crippen LogP contribution in [0.1, 0.15) is 24.0 Å². The fourth-order valence-electron chi connectivity index (χ4n) is 2.57. The maximum Gasteiger partial charge on any atom is 0.237 e. The van der Waals surface area contributed by atoms with Crippen LogP contribution in [0, 0.1) is 0 Å². The lowest BCUT2D eigenvalue weighted by Crippen LogP contribution is -2.12. The molecular formula is C19H17N3O2. The van der Waals surface area contributed by atoms with Crippen LogP contribution in [0.4, 0.5) is 17.1 Å². The lowest BCUT2D eigenvalue weighted by atomic mass is 10.0. The first kappa shape index (κ1) is 15.7. The first-order valence-electron chi connectivity index (χ1n) is 7.56. The molecule has 120 valence electrons. The van der Waals surface area contributed by atoms with Crippen molar-refractivity contribution in [3.63, 3.8) is 0 Å². The Morgan fingerprint density at radius 3 is 2.67 bits per heavy atom. The van der Waals surface area contributed by atoms with Gasteiger partial charge < -0.3 is 10.6 Å². The molecule has 2 N–H and O–H groups in total. The van der Waals surface area contributed by atoms with E-state index in [1.54, 1.807) is 36.6 Å². The molecule has 0 saturated carbocycles. The SMILES string of the molecule is C=Cc1ccc2c(c1)NC(=O)C2C=Nc1ccc(NC(C)=O)cc1. The number of nitrogens with zero attached hydrogens (tertiary/aromatic N) is 1. The zero-order chi connectivity index (χ0) is 17.1. The van der Waals surface area contributed by atoms with Gasteiger partial charge in [0.2, 0.25) is 11.8 Å². The van der Waals surface area contributed by atoms with E-state index < -0.39 is 5.92 Å². The maximum atomic E-state index is 12.2. The van der Waals surface area contributed by atoms with E-state index in [2.05, 4.69) is 22.2 Å². The number of aliphatic imine (C=N–C) groups is 1. The van der Waals surface area contributed by atoms with Crippen molar-refractivity contribution in [2.24, 2.45) is 4.99 Å². The van der Waals surface area contributed by atoms with E-state index in [-0.39, 0.29) is 11.8 Å². The minimum Gasteiger partial charge on any atom is -0.326 e. The van der Waals surface area contributed by atoms with Crippen LogP contribution in [0.15, 0.2) is 54.0 Å². The minimum absolute atomic E-state index is 0.0928. The van der Waals surface area contributed by atoms with Crippen LogP contribution in [0.2, 0.25) is 0 Å². The van der Waals surface area contributed by atoms with Gasteiger partial charge in [-0.3, -0.25) is 14.6 Å². The van der Waals surface area contributed by atoms with Gasteiger partial charge >= 0.3 is 0 Å². The zero-order valence-electron chi connectivity index (χ0n) is 13.2. The summed E-state index contributed by atoms with van der Waals surface area (Å²) in [6, 6.07) is 12.9. The molecule has 0 radical (unpaired) electrons. The molecular weight excluding hydrogens is 302 g/mol. The summed E-state index contributed by atoms with van der Waals surface area (Å²) >= 11 is 0. The highest BCUT2D eigenvalue weighted by Gasteiger charge is 2.28. The zero-order valence-corrected chi connectivity index (χ0v) is 13.2. The van der Waals surface area contributed by atoms with Crippen LogP contribution in [-0.4, -0.2) is 18.0 Å². The standard InChI is InChI=1S/C19H17N3O2/c1-3-13-4-9-16-17(19(24)22-18(16)10-13)11-20-14-5-7-15(8-6-14)21-12(2)23/h3-11,17H,1H2,2H3,(H,21,23)(H,22,24). The molecule has 0 spiro atoms. The number of nitrogens with one attached hydrogen (secondary N) is 2. The third kappa shape index (κ3) is 3.25. The fourth-order valence-corrected chi connectivity index (χ4v) is 2.57. The molecule has 1 aliphatic heterocycles. The summed E-state index contributed by atoms with van der Waals surface area (Å²) in [5.41, 5.74) is 4.09. The van der Waals surface area contributed by atoms with Crippen molar-refractivity contribution in [2.75, 3.05) is 10.6 Å². The van der Waals surface area contributed by atoms with Crippen LogP contribution >= 0.6 is 0 Å². The predicted molar refractivity (Wildman–Crippen MR) is 96.8 cm³/mol. The summed E-state index contributed by atoms with van der Waals surface area (Å²) in [4.78, 5) is 27.5. The average molecular weight is 319 g/mol. The lowest BCUT2D eigenvalue weighted by molar-refractivity contribution is -0.116. The van der Waals surface area contributed by atoms with E-state index in [4.69, 9.17) is 0 Å². The highest BCUT2D eigenvalue weighted by molar-refractivity contribution is 6.12. The smallest absolute Gasteiger partial charge is 0.237 e. The van der Waals surface area contributed by atoms with E-state index in [0.29, 0.717) is 11.4 Å². The predicted octanol–water partition coefficient (Wildman–Crippen LogP) is 3.73. The Morgan fingerprint density at radius 2 is 2.00 bits per heavy atom. The molecule has 1 atom stereocenters. The molecule has 5 nitrogen and oxygen atoms in total. The molecule has 2 aromatic carbocycles. The Morgan fingerprint density at radius 1 is 1.25 bits per heavy atom. The van der Waals surface area contributed by atoms with Crippen LogP contribution < -0.4 is 10.6 Å². The van der Waals surface area contributed by atoms with E-state index in [0.717, 1.165) is 16.8 Å². The lowest BCUT2D eigenvalue weighted by Gasteiger charge is -2.04. The van der Waals surface area contributed by atoms with Gasteiger partial charge in [-0.2, -0.15) is 0 Å². The van der Waals surface area contributed by atoms with Gasteiger partial charge in [0.05, 0.1) is 5.69 Å². The summed E-state index contributed by atoms with van der Waals surface area (Å²) < 4.78 is 0. The molecule has 24 heavy (non-hydrogen) atoms. The number of carbonyl (C=O) groups is 2. The van der Waals surface area contributed by atoms with Gasteiger partial charge in [0.1, 0.15) is 5.92 Å². The maximum absolute atomic E-state index is 12.2. The number of rotatable bonds is 4. The van der Waals surface area contributed by atoms with Gasteiger partial charge in [-0.15, -0.1) is 0 Å². The van der Waals surface area contributed by atoms with E-state index in [1.807, 2.05) is 18.2 Å². The second kappa shape index (κ2) is 6.50. The molecule has 3 rings (SSSR count). The number of hydrogen-bond donors (Lipinski definition) is 2. The second-order valence-corrected chi connectivity index (χ2v) is 5.52. The number of hydrogen-bond acceptors (Lipinski definition) is 3. The molecule has 0 fully saturated rings. The third-order valence-electron chi connectivity index (χ3n) is 3.75. The molecule has 0 aromatic heterocycles. The minimum atomic E-state index is -0.408. The number of fused-ring (bicyclic) bond motifs is 1. The molecule has 0 aliphatic carbocycles. The van der Waals surface area contributed by atoms with Gasteiger partial charge in [-0.25, -0.2) is 0 Å². The highest BCUT2D eigenvalue weighted by atomic mass is 16.2. The summed E-state index contributed by atoms with van der Waals surface area (Å²) in [7, 11) is 0. The molecule has 5 heteroatoms. The normalized spacial score (nSPS) is 15.9. The van der Waals surface area contributed by atoms with Gasteiger partial charge in [0.25, 0.3) is 0 Å². The molecule has 1 unspecified atom stereocenters. The second-order valence-electron chi connectivity index (χ2n) is 5.52. The Bertz CT molecular complexity index is 838. The van der Waals surface area contributed by atoms with E-state index in [9.17, 15) is 9.59 Å². The molecule has 1 heterocycles. The summed E-state index contributed by atoms with van der Waals surface area (Å²) in [5.74, 6) is -0.622. The van der Waals surface area contributed by atoms with Crippen LogP contribution in [0.3, 0.4) is 0 Å². The highest BCUT2D eigenvalue weighted by Crippen LogP contribution is 2.33. The van der Waals surface area contributed by atoms with Crippen LogP contribution in [0.5, 0.6) is 0 Å². The van der Waals surface area contributed by atoms with Gasteiger partial charge in [0, 0.05) is 24.5 Å². The quantitative estimate of drug-likeness (QED) is 0.843. The van der Waals surface area contributed by atoms with Crippen molar-refractivity contribution in [1.82, 2.24) is 0 Å². The van der Waals surface area contributed by atoms with Gasteiger partial charge in [-0.1, -0.05) is 24.8 Å². The summed E-state index contributed by atoms with van der Waals surface area (Å²) in [6.07, 6.45) is 3.38. The van der Waals surface area contributed by atoms with Crippen molar-refractivity contribution in [2.45, 2.75) is 12.8 Å². The topological polar surface area (TPSA) is 70.6 Å². The average Bonchev–Trinajstić information content (AvgIpc) is 2.88. The monoisotopic (exact) mass is 319 g/mol. The van der Waals surface area contributed by atoms with Crippen molar-refractivity contribution >= 4 is 41.2 Å². The Hall–Kier alpha value is -3.21. The molecule has 2 amide bonds. The van der Waals surface area contributed by atoms with Crippen molar-refractivity contribution < 1.29 is 9.59 Å². The first-order chi connectivity index (χ1) is 11.6. The summed E-state index contributed by atoms with van der Waals surface area (Å²) in [5, 5.41) is 5.56. The number of anilines is 2. The van der Waals surface area contributed by atoms with Crippen molar-refractivity contribution in [3.05, 3.63) is 60.2 Å². The molecule has 0 bridgehead atoms. The third-order valence-corrected chi connectivity index (χ3v) is 3.75. The van der Waals surface area contributed by atoms with Crippen LogP contribution in [-0.2, 0) is 9.59 Å². The Kier molecular flexibility index (Phi) is 4.24. The van der Waals surface area contributed by atoms with Gasteiger partial charge in [0.15, 0.2) is 0 Å². The molecule has 1 aliphatic rings. The fraction of sp³-hybridized carbons (Fsp3) is 0.105. The Labute approximate surface area is 140 Å².